The van der Waals surface area contributed by atoms with Gasteiger partial charge in [-0.15, -0.1) is 12.4 Å². The van der Waals surface area contributed by atoms with E-state index in [-0.39, 0.29) is 30.8 Å². The maximum atomic E-state index is 13.3. The SMILES string of the molecule is CCCCN(CC(=O)N1CCC(C2CCN(C)CC2)CC1)C(=O)c1ccc2cc[nH]c2c1.Cl. The number of amides is 2. The lowest BCUT2D eigenvalue weighted by Gasteiger charge is -2.39. The lowest BCUT2D eigenvalue weighted by atomic mass is 9.79. The van der Waals surface area contributed by atoms with E-state index < -0.39 is 0 Å². The number of nitrogens with one attached hydrogen (secondary N) is 1. The Labute approximate surface area is 204 Å². The quantitative estimate of drug-likeness (QED) is 0.646. The fraction of sp³-hybridized carbons (Fsp3) is 0.615. The Morgan fingerprint density at radius 3 is 2.36 bits per heavy atom. The average Bonchev–Trinajstić information content (AvgIpc) is 3.30. The molecule has 1 aromatic heterocycles. The van der Waals surface area contributed by atoms with Gasteiger partial charge < -0.3 is 19.7 Å². The molecule has 7 heteroatoms. The van der Waals surface area contributed by atoms with Gasteiger partial charge in [0.25, 0.3) is 5.91 Å². The second-order valence-electron chi connectivity index (χ2n) is 9.72. The van der Waals surface area contributed by atoms with Crippen LogP contribution < -0.4 is 0 Å². The van der Waals surface area contributed by atoms with Gasteiger partial charge in [0.05, 0.1) is 0 Å². The molecule has 182 valence electrons. The fourth-order valence-corrected chi connectivity index (χ4v) is 5.35. The van der Waals surface area contributed by atoms with E-state index in [1.807, 2.05) is 35.4 Å². The zero-order chi connectivity index (χ0) is 22.5. The van der Waals surface area contributed by atoms with E-state index in [0.29, 0.717) is 12.1 Å². The minimum Gasteiger partial charge on any atom is -0.361 e. The third-order valence-electron chi connectivity index (χ3n) is 7.52. The highest BCUT2D eigenvalue weighted by molar-refractivity contribution is 5.99. The van der Waals surface area contributed by atoms with Crippen LogP contribution in [-0.2, 0) is 4.79 Å². The Bertz CT molecular complexity index is 914. The molecule has 2 amide bonds. The molecular formula is C26H39ClN4O2. The van der Waals surface area contributed by atoms with E-state index >= 15 is 0 Å². The van der Waals surface area contributed by atoms with Gasteiger partial charge >= 0.3 is 0 Å². The van der Waals surface area contributed by atoms with Gasteiger partial charge in [-0.25, -0.2) is 0 Å². The smallest absolute Gasteiger partial charge is 0.254 e. The number of aromatic amines is 1. The molecular weight excluding hydrogens is 436 g/mol. The number of hydrogen-bond donors (Lipinski definition) is 1. The minimum absolute atomic E-state index is 0. The summed E-state index contributed by atoms with van der Waals surface area (Å²) in [6, 6.07) is 7.73. The van der Waals surface area contributed by atoms with Crippen molar-refractivity contribution in [2.45, 2.75) is 45.4 Å². The van der Waals surface area contributed by atoms with Gasteiger partial charge in [0.2, 0.25) is 5.91 Å². The Kier molecular flexibility index (Phi) is 9.21. The molecule has 6 nitrogen and oxygen atoms in total. The number of H-pyrrole nitrogens is 1. The van der Waals surface area contributed by atoms with E-state index in [0.717, 1.165) is 61.5 Å². The summed E-state index contributed by atoms with van der Waals surface area (Å²) < 4.78 is 0. The largest absolute Gasteiger partial charge is 0.361 e. The standard InChI is InChI=1S/C26H38N4O2.ClH/c1-3-4-13-30(26(32)23-6-5-22-7-12-27-24(22)18-23)19-25(31)29-16-10-21(11-17-29)20-8-14-28(2)15-9-20;/h5-7,12,18,20-21,27H,3-4,8-11,13-17,19H2,1-2H3;1H. The van der Waals surface area contributed by atoms with Gasteiger partial charge in [0.15, 0.2) is 0 Å². The van der Waals surface area contributed by atoms with Crippen molar-refractivity contribution in [1.82, 2.24) is 19.7 Å². The van der Waals surface area contributed by atoms with Crippen molar-refractivity contribution in [1.29, 1.82) is 0 Å². The molecule has 0 bridgehead atoms. The van der Waals surface area contributed by atoms with Crippen LogP contribution in [0.15, 0.2) is 30.5 Å². The van der Waals surface area contributed by atoms with Crippen LogP contribution in [0.2, 0.25) is 0 Å². The number of aromatic nitrogens is 1. The highest BCUT2D eigenvalue weighted by atomic mass is 35.5. The second-order valence-corrected chi connectivity index (χ2v) is 9.72. The van der Waals surface area contributed by atoms with Crippen LogP contribution in [0.25, 0.3) is 10.9 Å². The van der Waals surface area contributed by atoms with Crippen molar-refractivity contribution in [3.05, 3.63) is 36.0 Å². The van der Waals surface area contributed by atoms with Crippen LogP contribution in [0.3, 0.4) is 0 Å². The van der Waals surface area contributed by atoms with Crippen molar-refractivity contribution in [2.24, 2.45) is 11.8 Å². The number of hydrogen-bond acceptors (Lipinski definition) is 3. The summed E-state index contributed by atoms with van der Waals surface area (Å²) in [4.78, 5) is 35.7. The van der Waals surface area contributed by atoms with Gasteiger partial charge in [-0.3, -0.25) is 9.59 Å². The molecule has 2 fully saturated rings. The number of rotatable bonds is 7. The monoisotopic (exact) mass is 474 g/mol. The first-order valence-corrected chi connectivity index (χ1v) is 12.4. The predicted molar refractivity (Wildman–Crippen MR) is 136 cm³/mol. The lowest BCUT2D eigenvalue weighted by molar-refractivity contribution is -0.133. The number of fused-ring (bicyclic) bond motifs is 1. The summed E-state index contributed by atoms with van der Waals surface area (Å²) in [5, 5.41) is 1.09. The first kappa shape index (κ1) is 25.6. The first-order valence-electron chi connectivity index (χ1n) is 12.4. The topological polar surface area (TPSA) is 59.7 Å². The number of halogens is 1. The van der Waals surface area contributed by atoms with Crippen molar-refractivity contribution in [3.8, 4) is 0 Å². The molecule has 2 aliphatic rings. The number of nitrogens with zero attached hydrogens (tertiary/aromatic N) is 3. The van der Waals surface area contributed by atoms with Crippen LogP contribution in [-0.4, -0.2) is 77.8 Å². The average molecular weight is 475 g/mol. The summed E-state index contributed by atoms with van der Waals surface area (Å²) in [5.74, 6) is 1.61. The van der Waals surface area contributed by atoms with Gasteiger partial charge in [-0.05, 0) is 87.7 Å². The number of carbonyl (C=O) groups excluding carboxylic acids is 2. The molecule has 0 unspecified atom stereocenters. The number of unbranched alkanes of at least 4 members (excludes halogenated alkanes) is 1. The van der Waals surface area contributed by atoms with E-state index in [9.17, 15) is 9.59 Å². The fourth-order valence-electron chi connectivity index (χ4n) is 5.35. The summed E-state index contributed by atoms with van der Waals surface area (Å²) >= 11 is 0. The highest BCUT2D eigenvalue weighted by Crippen LogP contribution is 2.32. The summed E-state index contributed by atoms with van der Waals surface area (Å²) in [5.41, 5.74) is 1.60. The van der Waals surface area contributed by atoms with Crippen molar-refractivity contribution >= 4 is 35.1 Å². The third-order valence-corrected chi connectivity index (χ3v) is 7.52. The minimum atomic E-state index is -0.0514. The third kappa shape index (κ3) is 6.30. The molecule has 2 saturated heterocycles. The molecule has 0 aliphatic carbocycles. The van der Waals surface area contributed by atoms with Crippen molar-refractivity contribution in [2.75, 3.05) is 46.3 Å². The molecule has 0 spiro atoms. The molecule has 0 saturated carbocycles. The summed E-state index contributed by atoms with van der Waals surface area (Å²) in [6.45, 7) is 6.99. The summed E-state index contributed by atoms with van der Waals surface area (Å²) in [6.07, 6.45) is 8.57. The maximum Gasteiger partial charge on any atom is 0.254 e. The molecule has 3 heterocycles. The Morgan fingerprint density at radius 2 is 1.70 bits per heavy atom. The number of piperidine rings is 2. The van der Waals surface area contributed by atoms with Crippen molar-refractivity contribution < 1.29 is 9.59 Å². The molecule has 33 heavy (non-hydrogen) atoms. The van der Waals surface area contributed by atoms with E-state index in [2.05, 4.69) is 23.9 Å². The van der Waals surface area contributed by atoms with Gasteiger partial charge in [-0.1, -0.05) is 19.4 Å². The molecule has 4 rings (SSSR count). The molecule has 0 atom stereocenters. The normalized spacial score (nSPS) is 18.3. The number of carbonyl (C=O) groups is 2. The molecule has 1 aromatic carbocycles. The van der Waals surface area contributed by atoms with Gasteiger partial charge in [0, 0.05) is 36.9 Å². The molecule has 2 aromatic rings. The van der Waals surface area contributed by atoms with Gasteiger partial charge in [-0.2, -0.15) is 0 Å². The molecule has 0 radical (unpaired) electrons. The van der Waals surface area contributed by atoms with E-state index in [1.54, 1.807) is 4.90 Å². The predicted octanol–water partition coefficient (Wildman–Crippen LogP) is 4.41. The summed E-state index contributed by atoms with van der Waals surface area (Å²) in [7, 11) is 2.21. The van der Waals surface area contributed by atoms with Crippen molar-refractivity contribution in [3.63, 3.8) is 0 Å². The van der Waals surface area contributed by atoms with Crippen LogP contribution in [0, 0.1) is 11.8 Å². The number of benzene rings is 1. The Hall–Kier alpha value is -2.05. The maximum absolute atomic E-state index is 13.3. The van der Waals surface area contributed by atoms with Crippen LogP contribution in [0.5, 0.6) is 0 Å². The zero-order valence-corrected chi connectivity index (χ0v) is 20.9. The molecule has 1 N–H and O–H groups in total. The zero-order valence-electron chi connectivity index (χ0n) is 20.1. The van der Waals surface area contributed by atoms with Crippen LogP contribution in [0.4, 0.5) is 0 Å². The second kappa shape index (κ2) is 11.9. The first-order chi connectivity index (χ1) is 15.5. The number of likely N-dealkylation sites (tertiary alicyclic amines) is 2. The lowest BCUT2D eigenvalue weighted by Crippen LogP contribution is -2.47. The molecule has 2 aliphatic heterocycles. The van der Waals surface area contributed by atoms with Gasteiger partial charge in [0.1, 0.15) is 6.54 Å². The Morgan fingerprint density at radius 1 is 1.03 bits per heavy atom. The van der Waals surface area contributed by atoms with E-state index in [1.165, 1.54) is 25.9 Å². The van der Waals surface area contributed by atoms with Crippen LogP contribution >= 0.6 is 12.4 Å². The highest BCUT2D eigenvalue weighted by Gasteiger charge is 2.31. The van der Waals surface area contributed by atoms with E-state index in [4.69, 9.17) is 0 Å². The van der Waals surface area contributed by atoms with Crippen LogP contribution in [0.1, 0.15) is 55.8 Å². The Balaban J connectivity index is 0.00000306.